The number of nitro groups is 1. The summed E-state index contributed by atoms with van der Waals surface area (Å²) in [7, 11) is 0. The minimum absolute atomic E-state index is 0.172. The van der Waals surface area contributed by atoms with E-state index < -0.39 is 10.8 Å². The Morgan fingerprint density at radius 1 is 1.23 bits per heavy atom. The van der Waals surface area contributed by atoms with Gasteiger partial charge >= 0.3 is 5.69 Å². The number of nitrogens with one attached hydrogen (secondary N) is 1. The highest BCUT2D eigenvalue weighted by Gasteiger charge is 2.25. The highest BCUT2D eigenvalue weighted by Crippen LogP contribution is 2.20. The summed E-state index contributed by atoms with van der Waals surface area (Å²) in [5, 5.41) is 17.8. The number of nitrogens with zero attached hydrogens (tertiary/aromatic N) is 4. The Bertz CT molecular complexity index is 779. The molecule has 1 aromatic carbocycles. The minimum Gasteiger partial charge on any atom is -0.320 e. The number of benzene rings is 1. The minimum atomic E-state index is -0.588. The molecule has 1 saturated heterocycles. The lowest BCUT2D eigenvalue weighted by Gasteiger charge is -2.26. The smallest absolute Gasteiger partial charge is 0.320 e. The number of aromatic nitrogens is 2. The fraction of sp³-hybridized carbons (Fsp3) is 0.444. The van der Waals surface area contributed by atoms with E-state index in [1.165, 1.54) is 35.7 Å². The molecule has 0 bridgehead atoms. The van der Waals surface area contributed by atoms with Gasteiger partial charge in [-0.25, -0.2) is 0 Å². The second-order valence-corrected chi connectivity index (χ2v) is 6.46. The number of likely N-dealkylation sites (tertiary alicyclic amines) is 1. The van der Waals surface area contributed by atoms with Crippen LogP contribution in [0.3, 0.4) is 0 Å². The van der Waals surface area contributed by atoms with Gasteiger partial charge in [-0.1, -0.05) is 18.6 Å². The average Bonchev–Trinajstić information content (AvgIpc) is 3.09. The second kappa shape index (κ2) is 8.09. The van der Waals surface area contributed by atoms with Crippen molar-refractivity contribution < 1.29 is 9.72 Å². The number of hydrogen-bond donors (Lipinski definition) is 1. The summed E-state index contributed by atoms with van der Waals surface area (Å²) in [6, 6.07) is 7.59. The van der Waals surface area contributed by atoms with Gasteiger partial charge in [0.05, 0.1) is 4.92 Å². The molecule has 0 unspecified atom stereocenters. The van der Waals surface area contributed by atoms with Gasteiger partial charge in [-0.3, -0.25) is 24.5 Å². The third kappa shape index (κ3) is 4.26. The lowest BCUT2D eigenvalue weighted by atomic mass is 10.1. The molecule has 0 aliphatic carbocycles. The predicted molar refractivity (Wildman–Crippen MR) is 98.1 cm³/mol. The molecule has 2 aromatic rings. The Morgan fingerprint density at radius 2 is 1.92 bits per heavy atom. The summed E-state index contributed by atoms with van der Waals surface area (Å²) in [6.45, 7) is 5.42. The Kier molecular flexibility index (Phi) is 5.62. The van der Waals surface area contributed by atoms with Crippen molar-refractivity contribution >= 4 is 17.3 Å². The molecule has 0 spiro atoms. The zero-order valence-corrected chi connectivity index (χ0v) is 14.9. The average molecular weight is 357 g/mol. The summed E-state index contributed by atoms with van der Waals surface area (Å²) in [6.07, 6.45) is 5.08. The lowest BCUT2D eigenvalue weighted by molar-refractivity contribution is -0.385. The fourth-order valence-corrected chi connectivity index (χ4v) is 3.13. The summed E-state index contributed by atoms with van der Waals surface area (Å²) in [5.74, 6) is -0.576. The van der Waals surface area contributed by atoms with E-state index in [2.05, 4.69) is 15.3 Å². The van der Waals surface area contributed by atoms with E-state index in [4.69, 9.17) is 0 Å². The van der Waals surface area contributed by atoms with Crippen LogP contribution in [0.4, 0.5) is 11.4 Å². The number of aryl methyl sites for hydroxylation is 1. The molecule has 1 N–H and O–H groups in total. The number of anilines is 1. The van der Waals surface area contributed by atoms with Crippen molar-refractivity contribution in [3.8, 4) is 0 Å². The predicted octanol–water partition coefficient (Wildman–Crippen LogP) is 3.05. The first-order valence-electron chi connectivity index (χ1n) is 8.91. The van der Waals surface area contributed by atoms with Crippen molar-refractivity contribution in [1.29, 1.82) is 0 Å². The highest BCUT2D eigenvalue weighted by atomic mass is 16.6. The van der Waals surface area contributed by atoms with E-state index in [0.29, 0.717) is 12.2 Å². The molecule has 0 atom stereocenters. The van der Waals surface area contributed by atoms with Crippen molar-refractivity contribution in [3.63, 3.8) is 0 Å². The number of carbonyl (C=O) groups excluding carboxylic acids is 1. The van der Waals surface area contributed by atoms with Crippen molar-refractivity contribution in [2.45, 2.75) is 39.3 Å². The Morgan fingerprint density at radius 3 is 2.54 bits per heavy atom. The molecule has 26 heavy (non-hydrogen) atoms. The fourth-order valence-electron chi connectivity index (χ4n) is 3.13. The van der Waals surface area contributed by atoms with Gasteiger partial charge in [0.2, 0.25) is 5.69 Å². The molecule has 1 fully saturated rings. The number of amides is 1. The van der Waals surface area contributed by atoms with Crippen molar-refractivity contribution in [2.75, 3.05) is 18.4 Å². The normalized spacial score (nSPS) is 15.0. The molecule has 8 nitrogen and oxygen atoms in total. The Hall–Kier alpha value is -2.74. The van der Waals surface area contributed by atoms with Gasteiger partial charge in [0.15, 0.2) is 0 Å². The van der Waals surface area contributed by atoms with Gasteiger partial charge in [0.1, 0.15) is 6.20 Å². The number of carbonyl (C=O) groups is 1. The number of piperidine rings is 1. The molecule has 1 aliphatic rings. The van der Waals surface area contributed by atoms with E-state index in [1.54, 1.807) is 6.92 Å². The first-order valence-corrected chi connectivity index (χ1v) is 8.91. The van der Waals surface area contributed by atoms with Crippen LogP contribution < -0.4 is 5.32 Å². The number of rotatable bonds is 6. The van der Waals surface area contributed by atoms with Crippen LogP contribution >= 0.6 is 0 Å². The topological polar surface area (TPSA) is 93.3 Å². The molecule has 138 valence electrons. The van der Waals surface area contributed by atoms with Crippen LogP contribution in [0.2, 0.25) is 0 Å². The van der Waals surface area contributed by atoms with Crippen molar-refractivity contribution in [3.05, 3.63) is 51.8 Å². The maximum absolute atomic E-state index is 12.4. The van der Waals surface area contributed by atoms with Crippen LogP contribution in [-0.2, 0) is 13.1 Å². The van der Waals surface area contributed by atoms with E-state index in [0.717, 1.165) is 19.6 Å². The maximum Gasteiger partial charge on any atom is 0.320 e. The van der Waals surface area contributed by atoms with Gasteiger partial charge in [0, 0.05) is 18.8 Å². The van der Waals surface area contributed by atoms with Gasteiger partial charge < -0.3 is 5.32 Å². The van der Waals surface area contributed by atoms with E-state index >= 15 is 0 Å². The standard InChI is InChI=1S/C18H23N5O3/c1-2-22-13-16(23(25)26)17(20-22)18(24)19-15-8-6-14(7-9-15)12-21-10-4-3-5-11-21/h6-9,13H,2-5,10-12H2,1H3,(H,19,24). The zero-order valence-electron chi connectivity index (χ0n) is 14.9. The monoisotopic (exact) mass is 357 g/mol. The summed E-state index contributed by atoms with van der Waals surface area (Å²) < 4.78 is 1.38. The quantitative estimate of drug-likeness (QED) is 0.633. The van der Waals surface area contributed by atoms with E-state index in [1.807, 2.05) is 24.3 Å². The third-order valence-electron chi connectivity index (χ3n) is 4.54. The molecular weight excluding hydrogens is 334 g/mol. The summed E-state index contributed by atoms with van der Waals surface area (Å²) in [5.41, 5.74) is 1.32. The van der Waals surface area contributed by atoms with Crippen LogP contribution in [0, 0.1) is 10.1 Å². The van der Waals surface area contributed by atoms with Crippen LogP contribution in [0.25, 0.3) is 0 Å². The molecule has 1 amide bonds. The Labute approximate surface area is 151 Å². The van der Waals surface area contributed by atoms with Crippen LogP contribution in [0.5, 0.6) is 0 Å². The van der Waals surface area contributed by atoms with Gasteiger partial charge in [-0.15, -0.1) is 0 Å². The second-order valence-electron chi connectivity index (χ2n) is 6.46. The molecule has 1 aromatic heterocycles. The third-order valence-corrected chi connectivity index (χ3v) is 4.54. The molecule has 2 heterocycles. The molecular formula is C18H23N5O3. The SMILES string of the molecule is CCn1cc([N+](=O)[O-])c(C(=O)Nc2ccc(CN3CCCCC3)cc2)n1. The van der Waals surface area contributed by atoms with Crippen molar-refractivity contribution in [2.24, 2.45) is 0 Å². The molecule has 8 heteroatoms. The molecule has 0 saturated carbocycles. The number of hydrogen-bond acceptors (Lipinski definition) is 5. The zero-order chi connectivity index (χ0) is 18.5. The van der Waals surface area contributed by atoms with Gasteiger partial charge in [-0.05, 0) is 50.6 Å². The van der Waals surface area contributed by atoms with Gasteiger partial charge in [-0.2, -0.15) is 5.10 Å². The summed E-state index contributed by atoms with van der Waals surface area (Å²) in [4.78, 5) is 25.3. The molecule has 1 aliphatic heterocycles. The van der Waals surface area contributed by atoms with Gasteiger partial charge in [0.25, 0.3) is 5.91 Å². The molecule has 3 rings (SSSR count). The Balaban J connectivity index is 1.66. The van der Waals surface area contributed by atoms with Crippen LogP contribution in [-0.4, -0.2) is 38.6 Å². The maximum atomic E-state index is 12.4. The summed E-state index contributed by atoms with van der Waals surface area (Å²) >= 11 is 0. The largest absolute Gasteiger partial charge is 0.320 e. The first-order chi connectivity index (χ1) is 12.6. The van der Waals surface area contributed by atoms with Crippen LogP contribution in [0.15, 0.2) is 30.5 Å². The first kappa shape index (κ1) is 18.1. The lowest BCUT2D eigenvalue weighted by Crippen LogP contribution is -2.29. The van der Waals surface area contributed by atoms with E-state index in [9.17, 15) is 14.9 Å². The highest BCUT2D eigenvalue weighted by molar-refractivity contribution is 6.05. The van der Waals surface area contributed by atoms with E-state index in [-0.39, 0.29) is 11.4 Å². The molecule has 0 radical (unpaired) electrons. The van der Waals surface area contributed by atoms with Crippen LogP contribution in [0.1, 0.15) is 42.2 Å². The van der Waals surface area contributed by atoms with Crippen molar-refractivity contribution in [1.82, 2.24) is 14.7 Å².